The molecule has 27 heavy (non-hydrogen) atoms. The van der Waals surface area contributed by atoms with Crippen LogP contribution < -0.4 is 0 Å². The van der Waals surface area contributed by atoms with Crippen molar-refractivity contribution in [2.24, 2.45) is 0 Å². The van der Waals surface area contributed by atoms with Crippen LogP contribution in [0.4, 0.5) is 4.79 Å². The molecule has 1 atom stereocenters. The van der Waals surface area contributed by atoms with E-state index in [1.54, 1.807) is 11.0 Å². The highest BCUT2D eigenvalue weighted by atomic mass is 16.6. The molecule has 0 saturated heterocycles. The van der Waals surface area contributed by atoms with Crippen LogP contribution in [0.1, 0.15) is 58.9 Å². The van der Waals surface area contributed by atoms with Crippen LogP contribution in [0.25, 0.3) is 0 Å². The largest absolute Gasteiger partial charge is 0.443 e. The fourth-order valence-corrected chi connectivity index (χ4v) is 3.06. The molecular weight excluding hydrogens is 342 g/mol. The van der Waals surface area contributed by atoms with E-state index in [0.717, 1.165) is 24.1 Å². The molecule has 1 aliphatic rings. The summed E-state index contributed by atoms with van der Waals surface area (Å²) < 4.78 is 11.2. The molecule has 5 nitrogen and oxygen atoms in total. The minimum atomic E-state index is -0.561. The van der Waals surface area contributed by atoms with Crippen molar-refractivity contribution in [3.05, 3.63) is 47.7 Å². The molecule has 1 heterocycles. The molecule has 1 aromatic rings. The summed E-state index contributed by atoms with van der Waals surface area (Å²) in [5.41, 5.74) is 1.34. The van der Waals surface area contributed by atoms with Crippen LogP contribution in [0.3, 0.4) is 0 Å². The Morgan fingerprint density at radius 2 is 1.89 bits per heavy atom. The molecule has 2 rings (SSSR count). The zero-order chi connectivity index (χ0) is 19.9. The van der Waals surface area contributed by atoms with Crippen LogP contribution in [-0.4, -0.2) is 35.0 Å². The van der Waals surface area contributed by atoms with E-state index in [0.29, 0.717) is 26.1 Å². The highest BCUT2D eigenvalue weighted by Gasteiger charge is 2.32. The Morgan fingerprint density at radius 1 is 1.19 bits per heavy atom. The molecule has 1 aromatic carbocycles. The normalized spacial score (nSPS) is 17.6. The van der Waals surface area contributed by atoms with Gasteiger partial charge in [0, 0.05) is 30.8 Å². The number of ketones is 1. The van der Waals surface area contributed by atoms with E-state index in [4.69, 9.17) is 9.47 Å². The van der Waals surface area contributed by atoms with Crippen LogP contribution in [-0.2, 0) is 20.9 Å². The van der Waals surface area contributed by atoms with E-state index in [1.807, 2.05) is 58.0 Å². The minimum absolute atomic E-state index is 0.0673. The van der Waals surface area contributed by atoms with Crippen molar-refractivity contribution in [3.8, 4) is 0 Å². The SMILES string of the molecule is C[C@@H]1CC(=O)C=C(CCCCOCc2ccccc2)N1C(=O)OC(C)(C)C. The minimum Gasteiger partial charge on any atom is -0.443 e. The van der Waals surface area contributed by atoms with E-state index in [1.165, 1.54) is 0 Å². The van der Waals surface area contributed by atoms with Crippen LogP contribution in [0, 0.1) is 0 Å². The zero-order valence-electron chi connectivity index (χ0n) is 16.9. The monoisotopic (exact) mass is 373 g/mol. The highest BCUT2D eigenvalue weighted by molar-refractivity contribution is 5.93. The highest BCUT2D eigenvalue weighted by Crippen LogP contribution is 2.26. The topological polar surface area (TPSA) is 55.8 Å². The van der Waals surface area contributed by atoms with Crippen molar-refractivity contribution in [2.45, 2.75) is 71.6 Å². The molecular formula is C22H31NO4. The number of allylic oxidation sites excluding steroid dienone is 2. The van der Waals surface area contributed by atoms with Gasteiger partial charge in [-0.25, -0.2) is 4.79 Å². The lowest BCUT2D eigenvalue weighted by Crippen LogP contribution is -2.44. The van der Waals surface area contributed by atoms with Gasteiger partial charge in [0.2, 0.25) is 0 Å². The first-order valence-corrected chi connectivity index (χ1v) is 9.63. The predicted octanol–water partition coefficient (Wildman–Crippen LogP) is 4.86. The Bertz CT molecular complexity index is 661. The molecule has 0 fully saturated rings. The van der Waals surface area contributed by atoms with E-state index in [-0.39, 0.29) is 17.9 Å². The lowest BCUT2D eigenvalue weighted by molar-refractivity contribution is -0.116. The summed E-state index contributed by atoms with van der Waals surface area (Å²) in [6.07, 6.45) is 3.92. The molecule has 0 aliphatic carbocycles. The molecule has 0 bridgehead atoms. The first kappa shape index (κ1) is 21.2. The van der Waals surface area contributed by atoms with Crippen molar-refractivity contribution in [3.63, 3.8) is 0 Å². The van der Waals surface area contributed by atoms with Crippen molar-refractivity contribution >= 4 is 11.9 Å². The lowest BCUT2D eigenvalue weighted by Gasteiger charge is -2.35. The molecule has 0 spiro atoms. The summed E-state index contributed by atoms with van der Waals surface area (Å²) in [6, 6.07) is 9.88. The second kappa shape index (κ2) is 9.70. The predicted molar refractivity (Wildman–Crippen MR) is 105 cm³/mol. The number of benzene rings is 1. The van der Waals surface area contributed by atoms with Crippen LogP contribution in [0.5, 0.6) is 0 Å². The van der Waals surface area contributed by atoms with Gasteiger partial charge in [-0.05, 0) is 52.5 Å². The smallest absolute Gasteiger partial charge is 0.414 e. The third kappa shape index (κ3) is 7.18. The second-order valence-corrected chi connectivity index (χ2v) is 8.00. The van der Waals surface area contributed by atoms with Crippen LogP contribution in [0.2, 0.25) is 0 Å². The second-order valence-electron chi connectivity index (χ2n) is 8.00. The average Bonchev–Trinajstić information content (AvgIpc) is 2.56. The van der Waals surface area contributed by atoms with Gasteiger partial charge in [-0.15, -0.1) is 0 Å². The number of unbranched alkanes of at least 4 members (excludes halogenated alkanes) is 1. The number of amides is 1. The van der Waals surface area contributed by atoms with Crippen LogP contribution >= 0.6 is 0 Å². The molecule has 1 aliphatic heterocycles. The number of nitrogens with zero attached hydrogens (tertiary/aromatic N) is 1. The van der Waals surface area contributed by atoms with Crippen molar-refractivity contribution in [1.29, 1.82) is 0 Å². The summed E-state index contributed by atoms with van der Waals surface area (Å²) in [6.45, 7) is 8.67. The van der Waals surface area contributed by atoms with E-state index >= 15 is 0 Å². The average molecular weight is 373 g/mol. The van der Waals surface area contributed by atoms with Gasteiger partial charge in [-0.1, -0.05) is 30.3 Å². The number of ether oxygens (including phenoxy) is 2. The van der Waals surface area contributed by atoms with Crippen LogP contribution in [0.15, 0.2) is 42.1 Å². The summed E-state index contributed by atoms with van der Waals surface area (Å²) in [4.78, 5) is 26.1. The van der Waals surface area contributed by atoms with Crippen molar-refractivity contribution in [1.82, 2.24) is 4.90 Å². The van der Waals surface area contributed by atoms with Crippen molar-refractivity contribution < 1.29 is 19.1 Å². The fraction of sp³-hybridized carbons (Fsp3) is 0.545. The zero-order valence-corrected chi connectivity index (χ0v) is 16.9. The third-order valence-electron chi connectivity index (χ3n) is 4.25. The molecule has 0 saturated carbocycles. The Morgan fingerprint density at radius 3 is 2.56 bits per heavy atom. The number of carbonyl (C=O) groups is 2. The summed E-state index contributed by atoms with van der Waals surface area (Å²) in [5, 5.41) is 0. The Kier molecular flexibility index (Phi) is 7.60. The maximum atomic E-state index is 12.6. The molecule has 0 radical (unpaired) electrons. The van der Waals surface area contributed by atoms with Gasteiger partial charge >= 0.3 is 6.09 Å². The van der Waals surface area contributed by atoms with E-state index in [9.17, 15) is 9.59 Å². The number of hydrogen-bond acceptors (Lipinski definition) is 4. The summed E-state index contributed by atoms with van der Waals surface area (Å²) in [5.74, 6) is 0.0673. The van der Waals surface area contributed by atoms with Gasteiger partial charge in [-0.2, -0.15) is 0 Å². The fourth-order valence-electron chi connectivity index (χ4n) is 3.06. The first-order valence-electron chi connectivity index (χ1n) is 9.63. The molecule has 5 heteroatoms. The van der Waals surface area contributed by atoms with Gasteiger partial charge in [-0.3, -0.25) is 9.69 Å². The Balaban J connectivity index is 1.82. The maximum Gasteiger partial charge on any atom is 0.414 e. The molecule has 1 amide bonds. The van der Waals surface area contributed by atoms with Gasteiger partial charge in [0.15, 0.2) is 5.78 Å². The molecule has 0 aromatic heterocycles. The third-order valence-corrected chi connectivity index (χ3v) is 4.25. The Hall–Kier alpha value is -2.14. The number of hydrogen-bond donors (Lipinski definition) is 0. The summed E-state index contributed by atoms with van der Waals surface area (Å²) in [7, 11) is 0. The van der Waals surface area contributed by atoms with Gasteiger partial charge in [0.05, 0.1) is 6.61 Å². The maximum absolute atomic E-state index is 12.6. The molecule has 0 N–H and O–H groups in total. The van der Waals surface area contributed by atoms with E-state index in [2.05, 4.69) is 0 Å². The van der Waals surface area contributed by atoms with Crippen molar-refractivity contribution in [2.75, 3.05) is 6.61 Å². The number of carbonyl (C=O) groups excluding carboxylic acids is 2. The van der Waals surface area contributed by atoms with Gasteiger partial charge < -0.3 is 9.47 Å². The molecule has 0 unspecified atom stereocenters. The van der Waals surface area contributed by atoms with Gasteiger partial charge in [0.25, 0.3) is 0 Å². The Labute approximate surface area is 162 Å². The van der Waals surface area contributed by atoms with Gasteiger partial charge in [0.1, 0.15) is 5.60 Å². The van der Waals surface area contributed by atoms with E-state index < -0.39 is 5.60 Å². The lowest BCUT2D eigenvalue weighted by atomic mass is 10.0. The molecule has 148 valence electrons. The first-order chi connectivity index (χ1) is 12.8. The standard InChI is InChI=1S/C22H31NO4/c1-17-14-20(24)15-19(23(17)21(25)27-22(2,3)4)12-8-9-13-26-16-18-10-6-5-7-11-18/h5-7,10-11,15,17H,8-9,12-14,16H2,1-4H3/t17-/m1/s1. The number of rotatable bonds is 7. The summed E-state index contributed by atoms with van der Waals surface area (Å²) >= 11 is 0. The quantitative estimate of drug-likeness (QED) is 0.641.